The Morgan fingerprint density at radius 1 is 1.00 bits per heavy atom. The van der Waals surface area contributed by atoms with E-state index in [4.69, 9.17) is 18.9 Å². The molecule has 0 spiro atoms. The van der Waals surface area contributed by atoms with Crippen molar-refractivity contribution in [3.8, 4) is 17.2 Å². The molecule has 2 aromatic rings. The highest BCUT2D eigenvalue weighted by Crippen LogP contribution is 2.28. The van der Waals surface area contributed by atoms with Gasteiger partial charge in [0, 0.05) is 6.08 Å². The molecule has 3 rings (SSSR count). The van der Waals surface area contributed by atoms with Crippen LogP contribution in [0.2, 0.25) is 0 Å². The number of nitrogens with one attached hydrogen (secondary N) is 1. The third-order valence-electron chi connectivity index (χ3n) is 4.51. The second kappa shape index (κ2) is 13.0. The van der Waals surface area contributed by atoms with Crippen LogP contribution >= 0.6 is 11.8 Å². The van der Waals surface area contributed by atoms with Gasteiger partial charge in [-0.25, -0.2) is 9.59 Å². The van der Waals surface area contributed by atoms with Crippen LogP contribution in [0.1, 0.15) is 15.9 Å². The minimum Gasteiger partial charge on any atom is -0.493 e. The van der Waals surface area contributed by atoms with Gasteiger partial charge in [0.1, 0.15) is 19.0 Å². The smallest absolute Gasteiger partial charge is 0.337 e. The zero-order valence-corrected chi connectivity index (χ0v) is 20.5. The van der Waals surface area contributed by atoms with Crippen LogP contribution in [0.15, 0.2) is 63.6 Å². The van der Waals surface area contributed by atoms with Crippen LogP contribution in [-0.2, 0) is 19.1 Å². The third kappa shape index (κ3) is 7.34. The normalized spacial score (nSPS) is 15.1. The average Bonchev–Trinajstić information content (AvgIpc) is 3.24. The summed E-state index contributed by atoms with van der Waals surface area (Å²) in [5, 5.41) is 10.7. The number of nitrogens with zero attached hydrogens (tertiary/aromatic N) is 2. The maximum Gasteiger partial charge on any atom is 0.337 e. The first-order valence-corrected chi connectivity index (χ1v) is 11.3. The lowest BCUT2D eigenvalue weighted by atomic mass is 10.2. The second-order valence-corrected chi connectivity index (χ2v) is 7.89. The molecule has 0 radical (unpaired) electrons. The van der Waals surface area contributed by atoms with Crippen LogP contribution in [0.4, 0.5) is 0 Å². The summed E-state index contributed by atoms with van der Waals surface area (Å²) in [5.41, 5.74) is 1.08. The molecule has 0 unspecified atom stereocenters. The summed E-state index contributed by atoms with van der Waals surface area (Å²) in [6.45, 7) is 0.475. The highest BCUT2D eigenvalue weighted by atomic mass is 32.2. The largest absolute Gasteiger partial charge is 0.493 e. The molecular weight excluding hydrogens is 490 g/mol. The fraction of sp³-hybridized carbons (Fsp3) is 0.208. The van der Waals surface area contributed by atoms with E-state index in [9.17, 15) is 14.4 Å². The summed E-state index contributed by atoms with van der Waals surface area (Å²) < 4.78 is 26.0. The van der Waals surface area contributed by atoms with Crippen LogP contribution in [0.3, 0.4) is 0 Å². The summed E-state index contributed by atoms with van der Waals surface area (Å²) >= 11 is 0.977. The van der Waals surface area contributed by atoms with Gasteiger partial charge in [0.15, 0.2) is 16.7 Å². The number of methoxy groups -OCH3 is 3. The van der Waals surface area contributed by atoms with Crippen molar-refractivity contribution < 1.29 is 38.1 Å². The van der Waals surface area contributed by atoms with Crippen LogP contribution in [0.5, 0.6) is 17.2 Å². The molecule has 1 N–H and O–H groups in total. The lowest BCUT2D eigenvalue weighted by Gasteiger charge is -2.12. The van der Waals surface area contributed by atoms with Gasteiger partial charge in [0.25, 0.3) is 5.91 Å². The van der Waals surface area contributed by atoms with Gasteiger partial charge in [0.2, 0.25) is 0 Å². The summed E-state index contributed by atoms with van der Waals surface area (Å²) in [6.07, 6.45) is 2.56. The van der Waals surface area contributed by atoms with Crippen molar-refractivity contribution in [3.05, 3.63) is 64.6 Å². The van der Waals surface area contributed by atoms with E-state index < -0.39 is 17.8 Å². The van der Waals surface area contributed by atoms with Crippen molar-refractivity contribution in [2.75, 3.05) is 34.5 Å². The predicted molar refractivity (Wildman–Crippen MR) is 133 cm³/mol. The highest BCUT2D eigenvalue weighted by molar-refractivity contribution is 8.18. The number of benzene rings is 2. The number of esters is 2. The Morgan fingerprint density at radius 3 is 2.56 bits per heavy atom. The number of carbonyl (C=O) groups excluding carboxylic acids is 3. The first-order chi connectivity index (χ1) is 17.4. The molecular formula is C24H23N3O8S. The van der Waals surface area contributed by atoms with Crippen molar-refractivity contribution in [3.63, 3.8) is 0 Å². The fourth-order valence-corrected chi connectivity index (χ4v) is 3.55. The zero-order valence-electron chi connectivity index (χ0n) is 19.7. The van der Waals surface area contributed by atoms with Crippen molar-refractivity contribution >= 4 is 41.0 Å². The quantitative estimate of drug-likeness (QED) is 0.167. The standard InChI is InChI=1S/C24H23N3O8S/c1-31-19-11-15(14-25-27-24-26-22(29)20(36-24)13-21(28)32-2)7-8-18(19)35-10-9-34-17-6-4-5-16(12-17)23(30)33-3/h4-8,11-14H,9-10H2,1-3H3,(H,26,27,29)/b20-13+,25-14?. The number of carbonyl (C=O) groups is 3. The molecule has 1 aliphatic heterocycles. The molecule has 0 atom stereocenters. The summed E-state index contributed by atoms with van der Waals surface area (Å²) in [4.78, 5) is 34.9. The van der Waals surface area contributed by atoms with Crippen molar-refractivity contribution in [1.82, 2.24) is 5.32 Å². The van der Waals surface area contributed by atoms with Gasteiger partial charge in [0.05, 0.1) is 38.0 Å². The van der Waals surface area contributed by atoms with E-state index in [1.54, 1.807) is 42.5 Å². The molecule has 0 bridgehead atoms. The number of thioether (sulfide) groups is 1. The molecule has 1 amide bonds. The van der Waals surface area contributed by atoms with E-state index in [0.29, 0.717) is 28.4 Å². The minimum absolute atomic E-state index is 0.166. The molecule has 0 aliphatic carbocycles. The summed E-state index contributed by atoms with van der Waals surface area (Å²) in [5.74, 6) is -0.0291. The fourth-order valence-electron chi connectivity index (χ4n) is 2.81. The zero-order chi connectivity index (χ0) is 25.9. The predicted octanol–water partition coefficient (Wildman–Crippen LogP) is 2.55. The molecule has 1 heterocycles. The lowest BCUT2D eigenvalue weighted by Crippen LogP contribution is -2.19. The van der Waals surface area contributed by atoms with Crippen LogP contribution < -0.4 is 19.5 Å². The van der Waals surface area contributed by atoms with Crippen molar-refractivity contribution in [2.24, 2.45) is 10.2 Å². The highest BCUT2D eigenvalue weighted by Gasteiger charge is 2.25. The van der Waals surface area contributed by atoms with Crippen LogP contribution in [0.25, 0.3) is 0 Å². The van der Waals surface area contributed by atoms with Crippen molar-refractivity contribution in [2.45, 2.75) is 0 Å². The van der Waals surface area contributed by atoms with Crippen LogP contribution in [0, 0.1) is 0 Å². The Morgan fingerprint density at radius 2 is 1.81 bits per heavy atom. The van der Waals surface area contributed by atoms with E-state index in [1.165, 1.54) is 27.5 Å². The minimum atomic E-state index is -0.633. The number of amides is 1. The van der Waals surface area contributed by atoms with Gasteiger partial charge < -0.3 is 23.7 Å². The van der Waals surface area contributed by atoms with E-state index in [1.807, 2.05) is 0 Å². The first kappa shape index (κ1) is 26.3. The molecule has 11 nitrogen and oxygen atoms in total. The lowest BCUT2D eigenvalue weighted by molar-refractivity contribution is -0.135. The van der Waals surface area contributed by atoms with Gasteiger partial charge in [-0.2, -0.15) is 5.10 Å². The molecule has 0 saturated carbocycles. The summed E-state index contributed by atoms with van der Waals surface area (Å²) in [6, 6.07) is 11.8. The number of rotatable bonds is 10. The molecule has 1 saturated heterocycles. The topological polar surface area (TPSA) is 134 Å². The molecule has 1 fully saturated rings. The molecule has 36 heavy (non-hydrogen) atoms. The van der Waals surface area contributed by atoms with Crippen molar-refractivity contribution in [1.29, 1.82) is 0 Å². The Balaban J connectivity index is 1.54. The molecule has 188 valence electrons. The Bertz CT molecular complexity index is 1230. The molecule has 12 heteroatoms. The Kier molecular flexibility index (Phi) is 9.46. The van der Waals surface area contributed by atoms with Gasteiger partial charge in [-0.1, -0.05) is 6.07 Å². The van der Waals surface area contributed by atoms with Gasteiger partial charge in [-0.05, 0) is 53.7 Å². The average molecular weight is 514 g/mol. The second-order valence-electron chi connectivity index (χ2n) is 6.86. The Hall–Kier alpha value is -4.32. The van der Waals surface area contributed by atoms with E-state index in [0.717, 1.165) is 17.8 Å². The molecule has 0 aromatic heterocycles. The third-order valence-corrected chi connectivity index (χ3v) is 5.41. The summed E-state index contributed by atoms with van der Waals surface area (Å²) in [7, 11) is 4.05. The maximum absolute atomic E-state index is 11.8. The number of ether oxygens (including phenoxy) is 5. The number of hydrogen-bond donors (Lipinski definition) is 1. The first-order valence-electron chi connectivity index (χ1n) is 10.5. The van der Waals surface area contributed by atoms with Gasteiger partial charge in [-0.3, -0.25) is 10.1 Å². The Labute approximate surface area is 211 Å². The number of amidine groups is 1. The van der Waals surface area contributed by atoms with E-state index in [2.05, 4.69) is 20.3 Å². The van der Waals surface area contributed by atoms with E-state index in [-0.39, 0.29) is 23.3 Å². The monoisotopic (exact) mass is 513 g/mol. The SMILES string of the molecule is COC(=O)/C=C1/S/C(=N\N=Cc2ccc(OCCOc3cccc(C(=O)OC)c3)c(OC)c2)NC1=O. The molecule has 1 aliphatic rings. The number of hydrogen-bond acceptors (Lipinski definition) is 11. The van der Waals surface area contributed by atoms with Gasteiger partial charge in [-0.15, -0.1) is 5.10 Å². The maximum atomic E-state index is 11.8. The van der Waals surface area contributed by atoms with Gasteiger partial charge >= 0.3 is 11.9 Å². The van der Waals surface area contributed by atoms with Crippen LogP contribution in [-0.4, -0.2) is 63.8 Å². The molecule has 2 aromatic carbocycles. The van der Waals surface area contributed by atoms with E-state index >= 15 is 0 Å².